The van der Waals surface area contributed by atoms with Crippen LogP contribution in [0.3, 0.4) is 0 Å². The van der Waals surface area contributed by atoms with Crippen molar-refractivity contribution in [3.8, 4) is 0 Å². The van der Waals surface area contributed by atoms with E-state index >= 15 is 0 Å². The zero-order valence-corrected chi connectivity index (χ0v) is 15.5. The van der Waals surface area contributed by atoms with Crippen LogP contribution in [0.5, 0.6) is 0 Å². The lowest BCUT2D eigenvalue weighted by Gasteiger charge is -2.08. The van der Waals surface area contributed by atoms with Gasteiger partial charge in [0.2, 0.25) is 15.9 Å². The number of nitrogens with two attached hydrogens (primary N) is 1. The minimum atomic E-state index is -3.97. The Labute approximate surface area is 153 Å². The number of primary sulfonamides is 1. The number of hydrogen-bond acceptors (Lipinski definition) is 5. The number of carbonyl (C=O) groups excluding carboxylic acids is 1. The number of aromatic nitrogens is 1. The molecule has 6 nitrogen and oxygen atoms in total. The average molecular weight is 396 g/mol. The number of nitrogens with one attached hydrogen (secondary N) is 1. The summed E-state index contributed by atoms with van der Waals surface area (Å²) in [6.45, 7) is 1.77. The largest absolute Gasteiger partial charge is 0.326 e. The number of rotatable bonds is 4. The third kappa shape index (κ3) is 3.98. The number of benzene rings is 2. The highest BCUT2D eigenvalue weighted by molar-refractivity contribution is 7.89. The van der Waals surface area contributed by atoms with Gasteiger partial charge in [-0.2, -0.15) is 0 Å². The molecular formula is C16H14ClN3O3S2. The summed E-state index contributed by atoms with van der Waals surface area (Å²) >= 11 is 7.38. The maximum Gasteiger partial charge on any atom is 0.240 e. The summed E-state index contributed by atoms with van der Waals surface area (Å²) in [6, 6.07) is 10.0. The number of thiazole rings is 1. The van der Waals surface area contributed by atoms with Gasteiger partial charge in [0.1, 0.15) is 10.4 Å². The third-order valence-electron chi connectivity index (χ3n) is 3.47. The van der Waals surface area contributed by atoms with Gasteiger partial charge in [0.25, 0.3) is 0 Å². The van der Waals surface area contributed by atoms with Crippen molar-refractivity contribution in [2.45, 2.75) is 18.2 Å². The smallest absolute Gasteiger partial charge is 0.240 e. The van der Waals surface area contributed by atoms with Gasteiger partial charge in [-0.1, -0.05) is 29.8 Å². The molecule has 0 aliphatic rings. The van der Waals surface area contributed by atoms with Crippen LogP contribution in [0.2, 0.25) is 5.02 Å². The fourth-order valence-corrected chi connectivity index (χ4v) is 4.30. The van der Waals surface area contributed by atoms with Crippen LogP contribution in [0.25, 0.3) is 10.2 Å². The van der Waals surface area contributed by atoms with Crippen molar-refractivity contribution in [3.63, 3.8) is 0 Å². The van der Waals surface area contributed by atoms with Crippen LogP contribution in [0.1, 0.15) is 10.6 Å². The number of amides is 1. The molecule has 0 bridgehead atoms. The highest BCUT2D eigenvalue weighted by Crippen LogP contribution is 2.30. The Morgan fingerprint density at radius 3 is 2.72 bits per heavy atom. The molecule has 1 amide bonds. The van der Waals surface area contributed by atoms with Gasteiger partial charge in [-0.3, -0.25) is 4.79 Å². The molecule has 9 heteroatoms. The van der Waals surface area contributed by atoms with E-state index in [1.54, 1.807) is 37.3 Å². The molecule has 3 N–H and O–H groups in total. The number of carbonyl (C=O) groups is 1. The Kier molecular flexibility index (Phi) is 4.79. The van der Waals surface area contributed by atoms with Crippen molar-refractivity contribution in [3.05, 3.63) is 52.0 Å². The molecule has 0 fully saturated rings. The first-order valence-corrected chi connectivity index (χ1v) is 9.95. The number of aryl methyl sites for hydroxylation is 1. The van der Waals surface area contributed by atoms with Gasteiger partial charge in [-0.25, -0.2) is 18.5 Å². The zero-order valence-electron chi connectivity index (χ0n) is 13.1. The van der Waals surface area contributed by atoms with Crippen LogP contribution in [0.4, 0.5) is 5.69 Å². The molecule has 3 aromatic rings. The minimum Gasteiger partial charge on any atom is -0.326 e. The normalized spacial score (nSPS) is 11.6. The van der Waals surface area contributed by atoms with Gasteiger partial charge < -0.3 is 5.32 Å². The van der Waals surface area contributed by atoms with Crippen molar-refractivity contribution in [2.24, 2.45) is 5.14 Å². The maximum absolute atomic E-state index is 12.3. The Hall–Kier alpha value is -2.00. The van der Waals surface area contributed by atoms with Gasteiger partial charge in [0, 0.05) is 10.7 Å². The molecule has 0 saturated heterocycles. The first-order valence-electron chi connectivity index (χ1n) is 7.21. The Morgan fingerprint density at radius 2 is 2.04 bits per heavy atom. The van der Waals surface area contributed by atoms with E-state index in [4.69, 9.17) is 16.7 Å². The molecule has 130 valence electrons. The number of sulfonamides is 1. The molecule has 0 aliphatic heterocycles. The summed E-state index contributed by atoms with van der Waals surface area (Å²) in [5, 5.41) is 9.18. The Morgan fingerprint density at radius 1 is 1.32 bits per heavy atom. The van der Waals surface area contributed by atoms with Crippen molar-refractivity contribution in [2.75, 3.05) is 5.32 Å². The lowest BCUT2D eigenvalue weighted by Crippen LogP contribution is -2.16. The summed E-state index contributed by atoms with van der Waals surface area (Å²) < 4.78 is 24.3. The van der Waals surface area contributed by atoms with Crippen molar-refractivity contribution in [1.29, 1.82) is 0 Å². The van der Waals surface area contributed by atoms with E-state index in [1.165, 1.54) is 17.4 Å². The summed E-state index contributed by atoms with van der Waals surface area (Å²) in [7, 11) is -3.97. The monoisotopic (exact) mass is 395 g/mol. The summed E-state index contributed by atoms with van der Waals surface area (Å²) in [6.07, 6.45) is 0.0735. The first-order chi connectivity index (χ1) is 11.7. The fraction of sp³-hybridized carbons (Fsp3) is 0.125. The van der Waals surface area contributed by atoms with Crippen molar-refractivity contribution >= 4 is 54.8 Å². The van der Waals surface area contributed by atoms with Crippen molar-refractivity contribution in [1.82, 2.24) is 4.98 Å². The fourth-order valence-electron chi connectivity index (χ4n) is 2.42. The molecule has 2 aromatic carbocycles. The molecule has 0 radical (unpaired) electrons. The molecule has 1 aromatic heterocycles. The van der Waals surface area contributed by atoms with Crippen LogP contribution in [-0.2, 0) is 21.2 Å². The predicted octanol–water partition coefficient (Wildman–Crippen LogP) is 3.09. The molecule has 1 heterocycles. The quantitative estimate of drug-likeness (QED) is 0.708. The molecule has 0 atom stereocenters. The SMILES string of the molecule is Cc1nc2c(S(N)(=O)=O)cc(NC(=O)Cc3ccccc3Cl)cc2s1. The lowest BCUT2D eigenvalue weighted by atomic mass is 10.1. The van der Waals surface area contributed by atoms with Gasteiger partial charge >= 0.3 is 0 Å². The standard InChI is InChI=1S/C16H14ClN3O3S2/c1-9-19-16-13(24-9)7-11(8-14(16)25(18,22)23)20-15(21)6-10-4-2-3-5-12(10)17/h2-5,7-8H,6H2,1H3,(H,20,21)(H2,18,22,23). The van der Waals surface area contributed by atoms with Gasteiger partial charge in [0.15, 0.2) is 0 Å². The van der Waals surface area contributed by atoms with Gasteiger partial charge in [-0.05, 0) is 30.7 Å². The Bertz CT molecular complexity index is 1080. The predicted molar refractivity (Wildman–Crippen MR) is 99.5 cm³/mol. The molecule has 0 saturated carbocycles. The second-order valence-corrected chi connectivity index (χ2v) is 8.59. The molecule has 0 spiro atoms. The van der Waals surface area contributed by atoms with Crippen LogP contribution >= 0.6 is 22.9 Å². The van der Waals surface area contributed by atoms with E-state index in [1.807, 2.05) is 0 Å². The number of anilines is 1. The number of hydrogen-bond donors (Lipinski definition) is 2. The van der Waals surface area contributed by atoms with Crippen LogP contribution in [0.15, 0.2) is 41.3 Å². The molecule has 25 heavy (non-hydrogen) atoms. The van der Waals surface area contributed by atoms with Crippen LogP contribution in [-0.4, -0.2) is 19.3 Å². The average Bonchev–Trinajstić information content (AvgIpc) is 2.87. The van der Waals surface area contributed by atoms with Crippen LogP contribution in [0, 0.1) is 6.92 Å². The summed E-state index contributed by atoms with van der Waals surface area (Å²) in [4.78, 5) is 16.4. The van der Waals surface area contributed by atoms with Crippen molar-refractivity contribution < 1.29 is 13.2 Å². The summed E-state index contributed by atoms with van der Waals surface area (Å²) in [5.74, 6) is -0.311. The van der Waals surface area contributed by atoms with E-state index in [0.29, 0.717) is 31.5 Å². The third-order valence-corrected chi connectivity index (χ3v) is 5.68. The molecular weight excluding hydrogens is 382 g/mol. The van der Waals surface area contributed by atoms with E-state index in [2.05, 4.69) is 10.3 Å². The van der Waals surface area contributed by atoms with Gasteiger partial charge in [-0.15, -0.1) is 11.3 Å². The van der Waals surface area contributed by atoms with E-state index < -0.39 is 10.0 Å². The number of fused-ring (bicyclic) bond motifs is 1. The highest BCUT2D eigenvalue weighted by atomic mass is 35.5. The Balaban J connectivity index is 1.94. The maximum atomic E-state index is 12.3. The number of halogens is 1. The lowest BCUT2D eigenvalue weighted by molar-refractivity contribution is -0.115. The van der Waals surface area contributed by atoms with E-state index in [0.717, 1.165) is 0 Å². The van der Waals surface area contributed by atoms with Crippen LogP contribution < -0.4 is 10.5 Å². The van der Waals surface area contributed by atoms with E-state index in [-0.39, 0.29) is 17.2 Å². The topological polar surface area (TPSA) is 102 Å². The molecule has 0 aliphatic carbocycles. The first kappa shape index (κ1) is 17.8. The second kappa shape index (κ2) is 6.72. The minimum absolute atomic E-state index is 0.0735. The second-order valence-electron chi connectivity index (χ2n) is 5.42. The van der Waals surface area contributed by atoms with E-state index in [9.17, 15) is 13.2 Å². The number of nitrogens with zero attached hydrogens (tertiary/aromatic N) is 1. The van der Waals surface area contributed by atoms with Gasteiger partial charge in [0.05, 0.1) is 16.1 Å². The zero-order chi connectivity index (χ0) is 18.2. The molecule has 3 rings (SSSR count). The highest BCUT2D eigenvalue weighted by Gasteiger charge is 2.18. The summed E-state index contributed by atoms with van der Waals surface area (Å²) in [5.41, 5.74) is 1.34. The molecule has 0 unspecified atom stereocenters.